The molecule has 1 aromatic rings. The van der Waals surface area contributed by atoms with Crippen molar-refractivity contribution in [2.75, 3.05) is 30.0 Å². The zero-order chi connectivity index (χ0) is 12.1. The van der Waals surface area contributed by atoms with Crippen LogP contribution in [0.5, 0.6) is 5.75 Å². The predicted molar refractivity (Wildman–Crippen MR) is 76.0 cm³/mol. The Hall–Kier alpha value is -1.03. The van der Waals surface area contributed by atoms with E-state index in [1.165, 1.54) is 18.6 Å². The topological polar surface area (TPSA) is 47.3 Å². The highest BCUT2D eigenvalue weighted by Gasteiger charge is 2.14. The maximum absolute atomic E-state index is 5.85. The Labute approximate surface area is 107 Å². The van der Waals surface area contributed by atoms with Crippen LogP contribution in [0.25, 0.3) is 0 Å². The van der Waals surface area contributed by atoms with Crippen LogP contribution in [0, 0.1) is 0 Å². The van der Waals surface area contributed by atoms with Crippen LogP contribution in [0.3, 0.4) is 0 Å². The number of benzene rings is 1. The Balaban J connectivity index is 1.94. The lowest BCUT2D eigenvalue weighted by Gasteiger charge is -2.13. The lowest BCUT2D eigenvalue weighted by atomic mass is 10.2. The molecule has 4 heteroatoms. The van der Waals surface area contributed by atoms with E-state index in [9.17, 15) is 0 Å². The van der Waals surface area contributed by atoms with Gasteiger partial charge in [-0.2, -0.15) is 11.8 Å². The Bertz CT molecular complexity index is 364. The summed E-state index contributed by atoms with van der Waals surface area (Å²) < 4.78 is 5.47. The van der Waals surface area contributed by atoms with Crippen molar-refractivity contribution in [2.24, 2.45) is 0 Å². The first-order valence-electron chi connectivity index (χ1n) is 6.17. The van der Waals surface area contributed by atoms with Crippen molar-refractivity contribution in [3.05, 3.63) is 18.2 Å². The number of rotatable bonds is 5. The van der Waals surface area contributed by atoms with E-state index in [0.717, 1.165) is 28.9 Å². The molecule has 0 spiro atoms. The second-order valence-electron chi connectivity index (χ2n) is 4.24. The van der Waals surface area contributed by atoms with Crippen molar-refractivity contribution < 1.29 is 4.74 Å². The van der Waals surface area contributed by atoms with Gasteiger partial charge in [-0.1, -0.05) is 0 Å². The minimum atomic E-state index is 0.668. The van der Waals surface area contributed by atoms with Gasteiger partial charge in [0.15, 0.2) is 0 Å². The van der Waals surface area contributed by atoms with Gasteiger partial charge in [0, 0.05) is 35.3 Å². The van der Waals surface area contributed by atoms with Crippen LogP contribution >= 0.6 is 11.8 Å². The Morgan fingerprint density at radius 2 is 2.35 bits per heavy atom. The molecular formula is C13H20N2OS. The number of nitrogens with two attached hydrogens (primary N) is 1. The summed E-state index contributed by atoms with van der Waals surface area (Å²) in [6.07, 6.45) is 2.66. The monoisotopic (exact) mass is 252 g/mol. The molecule has 1 saturated heterocycles. The summed E-state index contributed by atoms with van der Waals surface area (Å²) in [7, 11) is 0. The molecule has 0 amide bonds. The van der Waals surface area contributed by atoms with Gasteiger partial charge in [0.1, 0.15) is 5.75 Å². The molecule has 0 radical (unpaired) electrons. The first kappa shape index (κ1) is 12.4. The number of ether oxygens (including phenoxy) is 1. The predicted octanol–water partition coefficient (Wildman–Crippen LogP) is 2.98. The molecule has 1 aromatic carbocycles. The van der Waals surface area contributed by atoms with Crippen molar-refractivity contribution in [3.63, 3.8) is 0 Å². The molecule has 1 heterocycles. The molecule has 0 saturated carbocycles. The maximum Gasteiger partial charge on any atom is 0.123 e. The van der Waals surface area contributed by atoms with Crippen molar-refractivity contribution in [1.29, 1.82) is 0 Å². The largest absolute Gasteiger partial charge is 0.494 e. The number of nitrogen functional groups attached to an aromatic ring is 1. The van der Waals surface area contributed by atoms with Gasteiger partial charge in [0.2, 0.25) is 0 Å². The normalized spacial score (nSPS) is 19.2. The highest BCUT2D eigenvalue weighted by molar-refractivity contribution is 8.00. The molecule has 0 aromatic heterocycles. The van der Waals surface area contributed by atoms with Gasteiger partial charge in [-0.05, 0) is 31.6 Å². The van der Waals surface area contributed by atoms with Gasteiger partial charge in [0.25, 0.3) is 0 Å². The Morgan fingerprint density at radius 3 is 3.06 bits per heavy atom. The molecular weight excluding hydrogens is 232 g/mol. The average molecular weight is 252 g/mol. The first-order valence-corrected chi connectivity index (χ1v) is 7.21. The molecule has 1 fully saturated rings. The summed E-state index contributed by atoms with van der Waals surface area (Å²) in [4.78, 5) is 0. The number of thioether (sulfide) groups is 1. The zero-order valence-corrected chi connectivity index (χ0v) is 11.1. The first-order chi connectivity index (χ1) is 8.28. The third-order valence-corrected chi connectivity index (χ3v) is 4.20. The SMILES string of the molecule is CCOc1cc(N)cc(NCC2CCCS2)c1. The van der Waals surface area contributed by atoms with Crippen LogP contribution in [0.1, 0.15) is 19.8 Å². The molecule has 1 aliphatic heterocycles. The molecule has 0 aliphatic carbocycles. The molecule has 1 unspecified atom stereocenters. The standard InChI is InChI=1S/C13H20N2OS/c1-2-16-12-7-10(14)6-11(8-12)15-9-13-4-3-5-17-13/h6-8,13,15H,2-5,9,14H2,1H3. The highest BCUT2D eigenvalue weighted by Crippen LogP contribution is 2.27. The lowest BCUT2D eigenvalue weighted by molar-refractivity contribution is 0.340. The summed E-state index contributed by atoms with van der Waals surface area (Å²) in [5.41, 5.74) is 7.65. The van der Waals surface area contributed by atoms with Crippen LogP contribution in [0.4, 0.5) is 11.4 Å². The highest BCUT2D eigenvalue weighted by atomic mass is 32.2. The van der Waals surface area contributed by atoms with E-state index in [1.54, 1.807) is 0 Å². The number of nitrogens with one attached hydrogen (secondary N) is 1. The molecule has 94 valence electrons. The molecule has 1 aliphatic rings. The fraction of sp³-hybridized carbons (Fsp3) is 0.538. The fourth-order valence-electron chi connectivity index (χ4n) is 2.01. The van der Waals surface area contributed by atoms with Crippen LogP contribution in [0.2, 0.25) is 0 Å². The van der Waals surface area contributed by atoms with E-state index in [0.29, 0.717) is 6.61 Å². The summed E-state index contributed by atoms with van der Waals surface area (Å²) in [6.45, 7) is 3.66. The minimum absolute atomic E-state index is 0.668. The Morgan fingerprint density at radius 1 is 1.47 bits per heavy atom. The zero-order valence-electron chi connectivity index (χ0n) is 10.2. The maximum atomic E-state index is 5.85. The van der Waals surface area contributed by atoms with Gasteiger partial charge >= 0.3 is 0 Å². The van der Waals surface area contributed by atoms with E-state index >= 15 is 0 Å². The van der Waals surface area contributed by atoms with E-state index in [-0.39, 0.29) is 0 Å². The molecule has 0 bridgehead atoms. The van der Waals surface area contributed by atoms with Crippen LogP contribution < -0.4 is 15.8 Å². The lowest BCUT2D eigenvalue weighted by Crippen LogP contribution is -2.13. The molecule has 3 nitrogen and oxygen atoms in total. The van der Waals surface area contributed by atoms with Crippen LogP contribution in [0.15, 0.2) is 18.2 Å². The third kappa shape index (κ3) is 3.73. The van der Waals surface area contributed by atoms with Crippen molar-refractivity contribution in [2.45, 2.75) is 25.0 Å². The molecule has 1 atom stereocenters. The second kappa shape index (κ2) is 6.05. The molecule has 3 N–H and O–H groups in total. The van der Waals surface area contributed by atoms with Crippen LogP contribution in [-0.2, 0) is 0 Å². The van der Waals surface area contributed by atoms with Crippen molar-refractivity contribution in [1.82, 2.24) is 0 Å². The van der Waals surface area contributed by atoms with Gasteiger partial charge < -0.3 is 15.8 Å². The van der Waals surface area contributed by atoms with E-state index in [4.69, 9.17) is 10.5 Å². The molecule has 17 heavy (non-hydrogen) atoms. The summed E-state index contributed by atoms with van der Waals surface area (Å²) in [5, 5.41) is 4.19. The van der Waals surface area contributed by atoms with Gasteiger partial charge in [-0.25, -0.2) is 0 Å². The van der Waals surface area contributed by atoms with Crippen LogP contribution in [-0.4, -0.2) is 24.2 Å². The summed E-state index contributed by atoms with van der Waals surface area (Å²) in [5.74, 6) is 2.14. The average Bonchev–Trinajstić information content (AvgIpc) is 2.79. The van der Waals surface area contributed by atoms with Crippen molar-refractivity contribution >= 4 is 23.1 Å². The summed E-state index contributed by atoms with van der Waals surface area (Å²) >= 11 is 2.06. The second-order valence-corrected chi connectivity index (χ2v) is 5.65. The number of hydrogen-bond acceptors (Lipinski definition) is 4. The quantitative estimate of drug-likeness (QED) is 0.791. The van der Waals surface area contributed by atoms with E-state index in [1.807, 2.05) is 25.1 Å². The number of hydrogen-bond donors (Lipinski definition) is 2. The third-order valence-electron chi connectivity index (χ3n) is 2.80. The minimum Gasteiger partial charge on any atom is -0.494 e. The smallest absolute Gasteiger partial charge is 0.123 e. The van der Waals surface area contributed by atoms with Crippen molar-refractivity contribution in [3.8, 4) is 5.75 Å². The van der Waals surface area contributed by atoms with E-state index in [2.05, 4.69) is 17.1 Å². The van der Waals surface area contributed by atoms with Gasteiger partial charge in [0.05, 0.1) is 6.61 Å². The fourth-order valence-corrected chi connectivity index (χ4v) is 3.21. The Kier molecular flexibility index (Phi) is 4.42. The number of anilines is 2. The summed E-state index contributed by atoms with van der Waals surface area (Å²) in [6, 6.07) is 5.83. The van der Waals surface area contributed by atoms with Gasteiger partial charge in [-0.3, -0.25) is 0 Å². The van der Waals surface area contributed by atoms with Gasteiger partial charge in [-0.15, -0.1) is 0 Å². The molecule has 2 rings (SSSR count). The van der Waals surface area contributed by atoms with E-state index < -0.39 is 0 Å².